The predicted molar refractivity (Wildman–Crippen MR) is 74.3 cm³/mol. The van der Waals surface area contributed by atoms with Crippen LogP contribution in [0.5, 0.6) is 5.75 Å². The number of rotatable bonds is 3. The van der Waals surface area contributed by atoms with E-state index in [9.17, 15) is 10.1 Å². The highest BCUT2D eigenvalue weighted by atomic mass is 16.6. The van der Waals surface area contributed by atoms with Crippen molar-refractivity contribution in [2.45, 2.75) is 13.1 Å². The van der Waals surface area contributed by atoms with Crippen molar-refractivity contribution in [3.8, 4) is 5.75 Å². The van der Waals surface area contributed by atoms with E-state index in [2.05, 4.69) is 17.0 Å². The van der Waals surface area contributed by atoms with E-state index in [1.807, 2.05) is 18.2 Å². The first-order valence-corrected chi connectivity index (χ1v) is 6.39. The van der Waals surface area contributed by atoms with Crippen LogP contribution >= 0.6 is 0 Å². The van der Waals surface area contributed by atoms with Gasteiger partial charge in [0.15, 0.2) is 0 Å². The first-order chi connectivity index (χ1) is 9.72. The van der Waals surface area contributed by atoms with E-state index in [-0.39, 0.29) is 5.69 Å². The number of ether oxygens (including phenoxy) is 1. The molecule has 1 aliphatic heterocycles. The third-order valence-electron chi connectivity index (χ3n) is 3.31. The Morgan fingerprint density at radius 1 is 1.20 bits per heavy atom. The van der Waals surface area contributed by atoms with Crippen molar-refractivity contribution in [2.24, 2.45) is 0 Å². The second kappa shape index (κ2) is 5.30. The largest absolute Gasteiger partial charge is 0.478 e. The second-order valence-electron chi connectivity index (χ2n) is 4.80. The Bertz CT molecular complexity index is 628. The normalized spacial score (nSPS) is 14.4. The molecular weight excluding hydrogens is 256 g/mol. The third kappa shape index (κ3) is 2.62. The lowest BCUT2D eigenvalue weighted by molar-refractivity contribution is -0.385. The Morgan fingerprint density at radius 3 is 2.75 bits per heavy atom. The molecular formula is C15H14N2O3. The molecule has 0 spiro atoms. The first kappa shape index (κ1) is 12.6. The number of non-ortho nitro benzene ring substituents is 1. The number of nitro groups is 1. The van der Waals surface area contributed by atoms with Crippen LogP contribution in [0.15, 0.2) is 48.5 Å². The number of nitrogens with zero attached hydrogens (tertiary/aromatic N) is 2. The molecule has 0 amide bonds. The smallest absolute Gasteiger partial charge is 0.273 e. The van der Waals surface area contributed by atoms with Crippen molar-refractivity contribution in [2.75, 3.05) is 6.73 Å². The van der Waals surface area contributed by atoms with Crippen LogP contribution in [0.4, 0.5) is 5.69 Å². The van der Waals surface area contributed by atoms with Crippen LogP contribution in [0, 0.1) is 10.1 Å². The quantitative estimate of drug-likeness (QED) is 0.635. The fourth-order valence-corrected chi connectivity index (χ4v) is 2.31. The van der Waals surface area contributed by atoms with Crippen LogP contribution in [0.3, 0.4) is 0 Å². The summed E-state index contributed by atoms with van der Waals surface area (Å²) in [7, 11) is 0. The highest BCUT2D eigenvalue weighted by Gasteiger charge is 2.20. The lowest BCUT2D eigenvalue weighted by Crippen LogP contribution is -2.31. The fourth-order valence-electron chi connectivity index (χ4n) is 2.31. The Morgan fingerprint density at radius 2 is 2.00 bits per heavy atom. The molecule has 102 valence electrons. The second-order valence-corrected chi connectivity index (χ2v) is 4.80. The topological polar surface area (TPSA) is 55.6 Å². The molecule has 0 atom stereocenters. The van der Waals surface area contributed by atoms with Gasteiger partial charge in [-0.25, -0.2) is 0 Å². The van der Waals surface area contributed by atoms with Gasteiger partial charge in [-0.05, 0) is 11.6 Å². The van der Waals surface area contributed by atoms with Crippen molar-refractivity contribution in [3.05, 3.63) is 69.8 Å². The first-order valence-electron chi connectivity index (χ1n) is 6.39. The van der Waals surface area contributed by atoms with E-state index in [0.717, 1.165) is 18.7 Å². The summed E-state index contributed by atoms with van der Waals surface area (Å²) >= 11 is 0. The van der Waals surface area contributed by atoms with Crippen molar-refractivity contribution >= 4 is 5.69 Å². The van der Waals surface area contributed by atoms with Crippen molar-refractivity contribution in [1.82, 2.24) is 4.90 Å². The lowest BCUT2D eigenvalue weighted by atomic mass is 10.1. The average Bonchev–Trinajstić information content (AvgIpc) is 2.47. The molecule has 0 radical (unpaired) electrons. The van der Waals surface area contributed by atoms with E-state index in [4.69, 9.17) is 4.74 Å². The van der Waals surface area contributed by atoms with Gasteiger partial charge < -0.3 is 4.74 Å². The number of benzene rings is 2. The minimum absolute atomic E-state index is 0.0697. The van der Waals surface area contributed by atoms with Gasteiger partial charge >= 0.3 is 0 Å². The zero-order valence-electron chi connectivity index (χ0n) is 10.9. The van der Waals surface area contributed by atoms with Crippen molar-refractivity contribution in [1.29, 1.82) is 0 Å². The maximum atomic E-state index is 10.7. The van der Waals surface area contributed by atoms with E-state index in [1.54, 1.807) is 6.07 Å². The molecule has 0 aromatic heterocycles. The Kier molecular flexibility index (Phi) is 3.35. The average molecular weight is 270 g/mol. The zero-order chi connectivity index (χ0) is 13.9. The predicted octanol–water partition coefficient (Wildman–Crippen LogP) is 2.95. The van der Waals surface area contributed by atoms with E-state index in [0.29, 0.717) is 12.5 Å². The van der Waals surface area contributed by atoms with E-state index < -0.39 is 4.92 Å². The van der Waals surface area contributed by atoms with Gasteiger partial charge in [-0.15, -0.1) is 0 Å². The standard InChI is InChI=1S/C15H14N2O3/c18-17(19)14-7-6-13-10-16(11-20-15(13)8-14)9-12-4-2-1-3-5-12/h1-8H,9-11H2. The molecule has 1 heterocycles. The van der Waals surface area contributed by atoms with Gasteiger partial charge in [0.25, 0.3) is 5.69 Å². The summed E-state index contributed by atoms with van der Waals surface area (Å²) in [4.78, 5) is 12.5. The highest BCUT2D eigenvalue weighted by molar-refractivity contribution is 5.45. The van der Waals surface area contributed by atoms with Crippen LogP contribution in [0.2, 0.25) is 0 Å². The summed E-state index contributed by atoms with van der Waals surface area (Å²) in [6.45, 7) is 1.99. The van der Waals surface area contributed by atoms with Crippen LogP contribution in [-0.2, 0) is 13.1 Å². The van der Waals surface area contributed by atoms with Crippen LogP contribution < -0.4 is 4.74 Å². The molecule has 5 heteroatoms. The Balaban J connectivity index is 1.74. The molecule has 0 N–H and O–H groups in total. The molecule has 0 unspecified atom stereocenters. The number of fused-ring (bicyclic) bond motifs is 1. The molecule has 2 aromatic carbocycles. The van der Waals surface area contributed by atoms with Crippen LogP contribution in [-0.4, -0.2) is 16.6 Å². The van der Waals surface area contributed by atoms with Crippen LogP contribution in [0.25, 0.3) is 0 Å². The fraction of sp³-hybridized carbons (Fsp3) is 0.200. The molecule has 0 bridgehead atoms. The summed E-state index contributed by atoms with van der Waals surface area (Å²) in [5, 5.41) is 10.7. The summed E-state index contributed by atoms with van der Waals surface area (Å²) in [6, 6.07) is 14.9. The zero-order valence-corrected chi connectivity index (χ0v) is 10.9. The minimum Gasteiger partial charge on any atom is -0.478 e. The highest BCUT2D eigenvalue weighted by Crippen LogP contribution is 2.29. The Labute approximate surface area is 116 Å². The molecule has 20 heavy (non-hydrogen) atoms. The summed E-state index contributed by atoms with van der Waals surface area (Å²) in [5.41, 5.74) is 2.28. The van der Waals surface area contributed by atoms with Gasteiger partial charge in [0.05, 0.1) is 11.0 Å². The molecule has 5 nitrogen and oxygen atoms in total. The van der Waals surface area contributed by atoms with Crippen LogP contribution in [0.1, 0.15) is 11.1 Å². The Hall–Kier alpha value is -2.40. The van der Waals surface area contributed by atoms with Gasteiger partial charge in [-0.1, -0.05) is 30.3 Å². The monoisotopic (exact) mass is 270 g/mol. The maximum absolute atomic E-state index is 10.7. The van der Waals surface area contributed by atoms with Gasteiger partial charge in [-0.2, -0.15) is 0 Å². The minimum atomic E-state index is -0.403. The molecule has 0 aliphatic carbocycles. The molecule has 2 aromatic rings. The summed E-state index contributed by atoms with van der Waals surface area (Å²) < 4.78 is 5.62. The molecule has 0 fully saturated rings. The van der Waals surface area contributed by atoms with Crippen molar-refractivity contribution < 1.29 is 9.66 Å². The molecule has 3 rings (SSSR count). The van der Waals surface area contributed by atoms with Gasteiger partial charge in [0.2, 0.25) is 0 Å². The third-order valence-corrected chi connectivity index (χ3v) is 3.31. The lowest BCUT2D eigenvalue weighted by Gasteiger charge is -2.28. The molecule has 0 saturated carbocycles. The van der Waals surface area contributed by atoms with E-state index >= 15 is 0 Å². The maximum Gasteiger partial charge on any atom is 0.273 e. The number of hydrogen-bond acceptors (Lipinski definition) is 4. The van der Waals surface area contributed by atoms with Crippen molar-refractivity contribution in [3.63, 3.8) is 0 Å². The van der Waals surface area contributed by atoms with E-state index in [1.165, 1.54) is 17.7 Å². The summed E-state index contributed by atoms with van der Waals surface area (Å²) in [5.74, 6) is 0.614. The molecule has 1 aliphatic rings. The summed E-state index contributed by atoms with van der Waals surface area (Å²) in [6.07, 6.45) is 0. The van der Waals surface area contributed by atoms with Gasteiger partial charge in [-0.3, -0.25) is 15.0 Å². The SMILES string of the molecule is O=[N+]([O-])c1ccc2c(c1)OCN(Cc1ccccc1)C2. The molecule has 0 saturated heterocycles. The van der Waals surface area contributed by atoms with Gasteiger partial charge in [0.1, 0.15) is 12.5 Å². The number of hydrogen-bond donors (Lipinski definition) is 0. The van der Waals surface area contributed by atoms with Gasteiger partial charge in [0, 0.05) is 24.7 Å². The number of nitro benzene ring substituents is 1.